The summed E-state index contributed by atoms with van der Waals surface area (Å²) in [5, 5.41) is 11.8. The van der Waals surface area contributed by atoms with Crippen LogP contribution in [-0.2, 0) is 14.8 Å². The predicted octanol–water partition coefficient (Wildman–Crippen LogP) is 4.51. The first kappa shape index (κ1) is 27.2. The fraction of sp³-hybridized carbons (Fsp3) is 0.276. The molecule has 0 radical (unpaired) electrons. The van der Waals surface area contributed by atoms with E-state index in [1.54, 1.807) is 32.0 Å². The highest BCUT2D eigenvalue weighted by atomic mass is 32.2. The molecule has 0 aliphatic carbocycles. The number of aryl methyl sites for hydroxylation is 3. The first-order valence-corrected chi connectivity index (χ1v) is 14.6. The summed E-state index contributed by atoms with van der Waals surface area (Å²) in [6.07, 6.45) is 1.36. The molecule has 2 N–H and O–H groups in total. The lowest BCUT2D eigenvalue weighted by molar-refractivity contribution is -0.120. The smallest absolute Gasteiger partial charge is 0.263 e. The fourth-order valence-electron chi connectivity index (χ4n) is 4.80. The van der Waals surface area contributed by atoms with E-state index in [9.17, 15) is 13.2 Å². The van der Waals surface area contributed by atoms with Crippen molar-refractivity contribution in [1.29, 1.82) is 0 Å². The number of carbonyl (C=O) groups is 1. The highest BCUT2D eigenvalue weighted by molar-refractivity contribution is 7.92. The predicted molar refractivity (Wildman–Crippen MR) is 155 cm³/mol. The van der Waals surface area contributed by atoms with Crippen LogP contribution in [-0.4, -0.2) is 47.6 Å². The van der Waals surface area contributed by atoms with Gasteiger partial charge in [0.05, 0.1) is 10.6 Å². The van der Waals surface area contributed by atoms with Crippen molar-refractivity contribution < 1.29 is 13.2 Å². The molecular formula is C29H31N7O3S. The monoisotopic (exact) mass is 557 g/mol. The number of hydrogen-bond acceptors (Lipinski definition) is 8. The van der Waals surface area contributed by atoms with Crippen LogP contribution in [0, 0.1) is 26.7 Å². The summed E-state index contributed by atoms with van der Waals surface area (Å²) in [4.78, 5) is 23.4. The molecule has 1 saturated heterocycles. The third-order valence-electron chi connectivity index (χ3n) is 6.90. The van der Waals surface area contributed by atoms with Crippen LogP contribution in [0.2, 0.25) is 0 Å². The molecular weight excluding hydrogens is 526 g/mol. The average molecular weight is 558 g/mol. The van der Waals surface area contributed by atoms with Gasteiger partial charge in [-0.3, -0.25) is 9.52 Å². The molecule has 1 fully saturated rings. The molecule has 0 atom stereocenters. The minimum Gasteiger partial charge on any atom is -0.355 e. The van der Waals surface area contributed by atoms with E-state index in [0.717, 1.165) is 22.6 Å². The molecule has 5 rings (SSSR count). The van der Waals surface area contributed by atoms with Gasteiger partial charge in [-0.15, -0.1) is 10.2 Å². The van der Waals surface area contributed by atoms with E-state index in [0.29, 0.717) is 43.1 Å². The Bertz CT molecular complexity index is 1600. The van der Waals surface area contributed by atoms with Gasteiger partial charge in [-0.2, -0.15) is 0 Å². The van der Waals surface area contributed by atoms with Gasteiger partial charge in [0.1, 0.15) is 11.6 Å². The lowest BCUT2D eigenvalue weighted by Gasteiger charge is -2.31. The molecule has 1 amide bonds. The molecule has 40 heavy (non-hydrogen) atoms. The van der Waals surface area contributed by atoms with E-state index in [1.165, 1.54) is 12.1 Å². The van der Waals surface area contributed by atoms with Gasteiger partial charge in [0.15, 0.2) is 5.82 Å². The van der Waals surface area contributed by atoms with Gasteiger partial charge >= 0.3 is 0 Å². The van der Waals surface area contributed by atoms with Crippen molar-refractivity contribution in [2.24, 2.45) is 5.92 Å². The Morgan fingerprint density at radius 1 is 0.900 bits per heavy atom. The van der Waals surface area contributed by atoms with Crippen LogP contribution < -0.4 is 14.9 Å². The Balaban J connectivity index is 1.15. The fourth-order valence-corrected chi connectivity index (χ4v) is 5.79. The number of benzene rings is 2. The molecule has 0 bridgehead atoms. The van der Waals surface area contributed by atoms with Crippen molar-refractivity contribution in [3.8, 4) is 11.3 Å². The number of rotatable bonds is 7. The maximum atomic E-state index is 12.9. The Hall–Kier alpha value is -4.38. The number of nitrogens with zero attached hydrogens (tertiary/aromatic N) is 5. The number of hydrogen-bond donors (Lipinski definition) is 2. The molecule has 1 aliphatic rings. The number of anilines is 3. The minimum absolute atomic E-state index is 0.0716. The maximum Gasteiger partial charge on any atom is 0.263 e. The largest absolute Gasteiger partial charge is 0.355 e. The number of carbonyl (C=O) groups excluding carboxylic acids is 1. The van der Waals surface area contributed by atoms with Crippen molar-refractivity contribution in [3.05, 3.63) is 83.8 Å². The SMILES string of the molecule is Cc1cc(NS(=O)(=O)c2ccc(NC(=O)C3CCN(c4ccc(-c5ccccc5C)nn4)CC3)cc2)nc(C)n1. The second-order valence-electron chi connectivity index (χ2n) is 9.91. The van der Waals surface area contributed by atoms with Crippen LogP contribution in [0.5, 0.6) is 0 Å². The van der Waals surface area contributed by atoms with Crippen molar-refractivity contribution in [2.75, 3.05) is 28.0 Å². The number of amides is 1. The normalized spacial score (nSPS) is 14.1. The first-order chi connectivity index (χ1) is 19.2. The van der Waals surface area contributed by atoms with Crippen LogP contribution >= 0.6 is 0 Å². The van der Waals surface area contributed by atoms with E-state index >= 15 is 0 Å². The molecule has 0 saturated carbocycles. The zero-order valence-electron chi connectivity index (χ0n) is 22.6. The summed E-state index contributed by atoms with van der Waals surface area (Å²) in [6, 6.07) is 19.7. The van der Waals surface area contributed by atoms with Gasteiger partial charge in [0.25, 0.3) is 10.0 Å². The zero-order valence-corrected chi connectivity index (χ0v) is 23.4. The molecule has 11 heteroatoms. The highest BCUT2D eigenvalue weighted by Crippen LogP contribution is 2.26. The average Bonchev–Trinajstić information content (AvgIpc) is 2.93. The number of piperidine rings is 1. The lowest BCUT2D eigenvalue weighted by atomic mass is 9.95. The molecule has 3 heterocycles. The third kappa shape index (κ3) is 6.26. The van der Waals surface area contributed by atoms with E-state index in [2.05, 4.69) is 48.1 Å². The molecule has 10 nitrogen and oxygen atoms in total. The summed E-state index contributed by atoms with van der Waals surface area (Å²) in [5.41, 5.74) is 4.26. The highest BCUT2D eigenvalue weighted by Gasteiger charge is 2.26. The second-order valence-corrected chi connectivity index (χ2v) is 11.6. The van der Waals surface area contributed by atoms with Gasteiger partial charge in [-0.05, 0) is 75.6 Å². The van der Waals surface area contributed by atoms with E-state index in [4.69, 9.17) is 0 Å². The minimum atomic E-state index is -3.84. The Morgan fingerprint density at radius 3 is 2.27 bits per heavy atom. The van der Waals surface area contributed by atoms with Crippen molar-refractivity contribution in [3.63, 3.8) is 0 Å². The van der Waals surface area contributed by atoms with Crippen LogP contribution in [0.25, 0.3) is 11.3 Å². The van der Waals surface area contributed by atoms with Gasteiger partial charge in [0, 0.05) is 42.0 Å². The van der Waals surface area contributed by atoms with Gasteiger partial charge < -0.3 is 10.2 Å². The summed E-state index contributed by atoms with van der Waals surface area (Å²) in [6.45, 7) is 6.91. The number of sulfonamides is 1. The number of aromatic nitrogens is 4. The second kappa shape index (κ2) is 11.4. The molecule has 0 unspecified atom stereocenters. The topological polar surface area (TPSA) is 130 Å². The van der Waals surface area contributed by atoms with Gasteiger partial charge in [-0.1, -0.05) is 24.3 Å². The van der Waals surface area contributed by atoms with Crippen molar-refractivity contribution in [1.82, 2.24) is 20.2 Å². The van der Waals surface area contributed by atoms with E-state index in [1.807, 2.05) is 30.3 Å². The molecule has 2 aromatic heterocycles. The summed E-state index contributed by atoms with van der Waals surface area (Å²) in [7, 11) is -3.84. The van der Waals surface area contributed by atoms with Crippen molar-refractivity contribution in [2.45, 2.75) is 38.5 Å². The summed E-state index contributed by atoms with van der Waals surface area (Å²) >= 11 is 0. The molecule has 1 aliphatic heterocycles. The maximum absolute atomic E-state index is 12.9. The Morgan fingerprint density at radius 2 is 1.62 bits per heavy atom. The van der Waals surface area contributed by atoms with E-state index in [-0.39, 0.29) is 22.5 Å². The number of nitrogens with one attached hydrogen (secondary N) is 2. The molecule has 4 aromatic rings. The Kier molecular flexibility index (Phi) is 7.74. The van der Waals surface area contributed by atoms with Crippen LogP contribution in [0.15, 0.2) is 71.6 Å². The van der Waals surface area contributed by atoms with Gasteiger partial charge in [-0.25, -0.2) is 18.4 Å². The molecule has 0 spiro atoms. The summed E-state index contributed by atoms with van der Waals surface area (Å²) < 4.78 is 28.0. The zero-order chi connectivity index (χ0) is 28.3. The summed E-state index contributed by atoms with van der Waals surface area (Å²) in [5.74, 6) is 1.26. The van der Waals surface area contributed by atoms with Crippen molar-refractivity contribution >= 4 is 33.3 Å². The van der Waals surface area contributed by atoms with Gasteiger partial charge in [0.2, 0.25) is 5.91 Å². The van der Waals surface area contributed by atoms with Crippen LogP contribution in [0.1, 0.15) is 29.9 Å². The lowest BCUT2D eigenvalue weighted by Crippen LogP contribution is -2.38. The third-order valence-corrected chi connectivity index (χ3v) is 8.27. The van der Waals surface area contributed by atoms with E-state index < -0.39 is 10.0 Å². The molecule has 2 aromatic carbocycles. The quantitative estimate of drug-likeness (QED) is 0.339. The first-order valence-electron chi connectivity index (χ1n) is 13.1. The Labute approximate surface area is 234 Å². The van der Waals surface area contributed by atoms with Crippen LogP contribution in [0.4, 0.5) is 17.3 Å². The van der Waals surface area contributed by atoms with Crippen LogP contribution in [0.3, 0.4) is 0 Å². The molecule has 206 valence electrons. The standard InChI is InChI=1S/C29H31N7O3S/c1-19-6-4-5-7-25(19)26-12-13-28(34-33-26)36-16-14-22(15-17-36)29(37)32-23-8-10-24(11-9-23)40(38,39)35-27-18-20(2)30-21(3)31-27/h4-13,18,22H,14-17H2,1-3H3,(H,32,37)(H,30,31,35).